The fourth-order valence-electron chi connectivity index (χ4n) is 1.57. The minimum Gasteiger partial charge on any atom is -0.478 e. The summed E-state index contributed by atoms with van der Waals surface area (Å²) in [4.78, 5) is 3.97. The lowest BCUT2D eigenvalue weighted by Crippen LogP contribution is -2.04. The zero-order chi connectivity index (χ0) is 13.4. The fraction of sp³-hybridized carbons (Fsp3) is 0.615. The van der Waals surface area contributed by atoms with E-state index in [1.165, 1.54) is 25.3 Å². The minimum absolute atomic E-state index is 0.0611. The van der Waals surface area contributed by atoms with Crippen LogP contribution in [0.1, 0.15) is 39.0 Å². The summed E-state index contributed by atoms with van der Waals surface area (Å²) in [5, 5.41) is 0.0611. The molecule has 1 heterocycles. The lowest BCUT2D eigenvalue weighted by Gasteiger charge is -2.06. The highest BCUT2D eigenvalue weighted by atomic mass is 32.2. The predicted molar refractivity (Wildman–Crippen MR) is 71.6 cm³/mol. The molecule has 0 bridgehead atoms. The monoisotopic (exact) mass is 271 g/mol. The van der Waals surface area contributed by atoms with Gasteiger partial charge in [0.05, 0.1) is 6.61 Å². The van der Waals surface area contributed by atoms with Crippen LogP contribution in [-0.2, 0) is 9.84 Å². The van der Waals surface area contributed by atoms with Gasteiger partial charge in [-0.05, 0) is 12.5 Å². The Bertz CT molecular complexity index is 457. The first-order valence-corrected chi connectivity index (χ1v) is 8.23. The van der Waals surface area contributed by atoms with Crippen LogP contribution in [0, 0.1) is 0 Å². The molecule has 0 spiro atoms. The van der Waals surface area contributed by atoms with Crippen LogP contribution in [0.5, 0.6) is 5.88 Å². The Labute approximate surface area is 109 Å². The molecule has 1 aromatic rings. The van der Waals surface area contributed by atoms with E-state index in [2.05, 4.69) is 11.9 Å². The molecule has 0 atom stereocenters. The van der Waals surface area contributed by atoms with Crippen LogP contribution >= 0.6 is 0 Å². The van der Waals surface area contributed by atoms with Crippen LogP contribution in [0.3, 0.4) is 0 Å². The first-order valence-electron chi connectivity index (χ1n) is 6.34. The molecule has 0 unspecified atom stereocenters. The number of sulfone groups is 1. The van der Waals surface area contributed by atoms with E-state index in [-0.39, 0.29) is 5.03 Å². The molecule has 0 saturated heterocycles. The van der Waals surface area contributed by atoms with Crippen molar-refractivity contribution in [2.75, 3.05) is 12.9 Å². The van der Waals surface area contributed by atoms with Crippen molar-refractivity contribution >= 4 is 9.84 Å². The number of hydrogen-bond acceptors (Lipinski definition) is 4. The van der Waals surface area contributed by atoms with Crippen LogP contribution < -0.4 is 4.74 Å². The van der Waals surface area contributed by atoms with Crippen molar-refractivity contribution in [1.82, 2.24) is 4.98 Å². The Hall–Kier alpha value is -1.10. The lowest BCUT2D eigenvalue weighted by molar-refractivity contribution is 0.291. The quantitative estimate of drug-likeness (QED) is 0.682. The van der Waals surface area contributed by atoms with Gasteiger partial charge < -0.3 is 4.74 Å². The van der Waals surface area contributed by atoms with E-state index in [1.807, 2.05) is 0 Å². The summed E-state index contributed by atoms with van der Waals surface area (Å²) in [6.45, 7) is 2.76. The van der Waals surface area contributed by atoms with Crippen molar-refractivity contribution in [2.24, 2.45) is 0 Å². The molecule has 1 rings (SSSR count). The average Bonchev–Trinajstić information content (AvgIpc) is 2.33. The Kier molecular flexibility index (Phi) is 6.12. The molecular weight excluding hydrogens is 250 g/mol. The van der Waals surface area contributed by atoms with Gasteiger partial charge in [-0.2, -0.15) is 0 Å². The summed E-state index contributed by atoms with van der Waals surface area (Å²) in [6, 6.07) is 4.81. The van der Waals surface area contributed by atoms with Crippen LogP contribution in [0.2, 0.25) is 0 Å². The smallest absolute Gasteiger partial charge is 0.214 e. The predicted octanol–water partition coefficient (Wildman–Crippen LogP) is 2.83. The summed E-state index contributed by atoms with van der Waals surface area (Å²) in [6.07, 6.45) is 6.95. The molecule has 5 heteroatoms. The van der Waals surface area contributed by atoms with Gasteiger partial charge in [-0.25, -0.2) is 13.4 Å². The van der Waals surface area contributed by atoms with Gasteiger partial charge in [0.25, 0.3) is 0 Å². The summed E-state index contributed by atoms with van der Waals surface area (Å²) >= 11 is 0. The summed E-state index contributed by atoms with van der Waals surface area (Å²) in [5.74, 6) is 0.383. The number of unbranched alkanes of at least 4 members (excludes halogenated alkanes) is 4. The van der Waals surface area contributed by atoms with E-state index in [0.29, 0.717) is 12.5 Å². The Morgan fingerprint density at radius 1 is 1.17 bits per heavy atom. The van der Waals surface area contributed by atoms with Crippen molar-refractivity contribution < 1.29 is 13.2 Å². The third kappa shape index (κ3) is 5.49. The molecule has 0 amide bonds. The first kappa shape index (κ1) is 15.0. The van der Waals surface area contributed by atoms with Gasteiger partial charge in [-0.15, -0.1) is 0 Å². The Morgan fingerprint density at radius 3 is 2.56 bits per heavy atom. The van der Waals surface area contributed by atoms with Gasteiger partial charge in [-0.3, -0.25) is 0 Å². The van der Waals surface area contributed by atoms with Gasteiger partial charge in [0, 0.05) is 12.3 Å². The SMILES string of the molecule is CCCCCCCOc1cccc(S(C)(=O)=O)n1. The molecule has 0 aliphatic rings. The molecule has 0 aliphatic carbocycles. The molecule has 1 aromatic heterocycles. The average molecular weight is 271 g/mol. The zero-order valence-electron chi connectivity index (χ0n) is 11.1. The van der Waals surface area contributed by atoms with E-state index in [0.717, 1.165) is 19.1 Å². The van der Waals surface area contributed by atoms with Crippen LogP contribution in [0.25, 0.3) is 0 Å². The van der Waals surface area contributed by atoms with Gasteiger partial charge >= 0.3 is 0 Å². The van der Waals surface area contributed by atoms with Crippen molar-refractivity contribution in [3.05, 3.63) is 18.2 Å². The maximum absolute atomic E-state index is 11.3. The highest BCUT2D eigenvalue weighted by Gasteiger charge is 2.09. The Balaban J connectivity index is 2.39. The fourth-order valence-corrected chi connectivity index (χ4v) is 2.15. The molecule has 0 aromatic carbocycles. The van der Waals surface area contributed by atoms with E-state index < -0.39 is 9.84 Å². The van der Waals surface area contributed by atoms with Gasteiger partial charge in [0.15, 0.2) is 14.9 Å². The Morgan fingerprint density at radius 2 is 1.89 bits per heavy atom. The molecule has 0 radical (unpaired) electrons. The highest BCUT2D eigenvalue weighted by molar-refractivity contribution is 7.90. The van der Waals surface area contributed by atoms with Gasteiger partial charge in [0.1, 0.15) is 0 Å². The highest BCUT2D eigenvalue weighted by Crippen LogP contribution is 2.12. The topological polar surface area (TPSA) is 56.3 Å². The van der Waals surface area contributed by atoms with E-state index in [9.17, 15) is 8.42 Å². The number of ether oxygens (including phenoxy) is 1. The van der Waals surface area contributed by atoms with Crippen molar-refractivity contribution in [2.45, 2.75) is 44.1 Å². The second-order valence-corrected chi connectivity index (χ2v) is 6.31. The molecule has 4 nitrogen and oxygen atoms in total. The molecule has 0 fully saturated rings. The summed E-state index contributed by atoms with van der Waals surface area (Å²) < 4.78 is 28.1. The number of pyridine rings is 1. The maximum atomic E-state index is 11.3. The number of aromatic nitrogens is 1. The second-order valence-electron chi connectivity index (χ2n) is 4.35. The summed E-state index contributed by atoms with van der Waals surface area (Å²) in [5.41, 5.74) is 0. The van der Waals surface area contributed by atoms with Crippen molar-refractivity contribution in [3.63, 3.8) is 0 Å². The molecule has 0 aliphatic heterocycles. The number of rotatable bonds is 8. The summed E-state index contributed by atoms with van der Waals surface area (Å²) in [7, 11) is -3.26. The van der Waals surface area contributed by atoms with Gasteiger partial charge in [-0.1, -0.05) is 38.7 Å². The minimum atomic E-state index is -3.26. The van der Waals surface area contributed by atoms with Crippen molar-refractivity contribution in [1.29, 1.82) is 0 Å². The number of hydrogen-bond donors (Lipinski definition) is 0. The van der Waals surface area contributed by atoms with Crippen LogP contribution in [0.4, 0.5) is 0 Å². The lowest BCUT2D eigenvalue weighted by atomic mass is 10.2. The van der Waals surface area contributed by atoms with Crippen LogP contribution in [0.15, 0.2) is 23.2 Å². The largest absolute Gasteiger partial charge is 0.478 e. The van der Waals surface area contributed by atoms with E-state index >= 15 is 0 Å². The molecule has 0 N–H and O–H groups in total. The third-order valence-corrected chi connectivity index (χ3v) is 3.56. The normalized spacial score (nSPS) is 11.4. The van der Waals surface area contributed by atoms with Crippen LogP contribution in [-0.4, -0.2) is 26.3 Å². The third-order valence-electron chi connectivity index (χ3n) is 2.58. The van der Waals surface area contributed by atoms with Crippen molar-refractivity contribution in [3.8, 4) is 5.88 Å². The molecular formula is C13H21NO3S. The zero-order valence-corrected chi connectivity index (χ0v) is 11.9. The van der Waals surface area contributed by atoms with Gasteiger partial charge in [0.2, 0.25) is 5.88 Å². The van der Waals surface area contributed by atoms with E-state index in [1.54, 1.807) is 12.1 Å². The second kappa shape index (κ2) is 7.36. The first-order chi connectivity index (χ1) is 8.54. The standard InChI is InChI=1S/C13H21NO3S/c1-3-4-5-6-7-11-17-12-9-8-10-13(14-12)18(2,15)16/h8-10H,3-7,11H2,1-2H3. The molecule has 18 heavy (non-hydrogen) atoms. The maximum Gasteiger partial charge on any atom is 0.214 e. The number of nitrogens with zero attached hydrogens (tertiary/aromatic N) is 1. The van der Waals surface area contributed by atoms with E-state index in [4.69, 9.17) is 4.74 Å². The molecule has 0 saturated carbocycles. The molecule has 102 valence electrons.